The van der Waals surface area contributed by atoms with Crippen LogP contribution in [0.25, 0.3) is 0 Å². The molecule has 0 aromatic rings. The minimum atomic E-state index is -0.944. The first-order valence-corrected chi connectivity index (χ1v) is 3.98. The molecule has 2 heterocycles. The van der Waals surface area contributed by atoms with Crippen LogP contribution in [0.1, 0.15) is 0 Å². The van der Waals surface area contributed by atoms with E-state index in [0.717, 1.165) is 6.54 Å². The molecule has 0 aromatic carbocycles. The summed E-state index contributed by atoms with van der Waals surface area (Å²) in [4.78, 5) is 10.5. The van der Waals surface area contributed by atoms with Gasteiger partial charge >= 0.3 is 5.97 Å². The van der Waals surface area contributed by atoms with Crippen molar-refractivity contribution >= 4 is 18.4 Å². The Hall–Kier alpha value is -0.360. The lowest BCUT2D eigenvalue weighted by atomic mass is 10.2. The standard InChI is InChI=1S/C7H11NO4.ClH/c9-7(10)6-3-11-4-1-8-2-5(4)12-6;/h4-6,8H,1-3H2,(H,9,10);1H. The Morgan fingerprint density at radius 2 is 2.08 bits per heavy atom. The van der Waals surface area contributed by atoms with Gasteiger partial charge < -0.3 is 19.9 Å². The molecule has 0 radical (unpaired) electrons. The van der Waals surface area contributed by atoms with Crippen molar-refractivity contribution in [2.24, 2.45) is 0 Å². The molecule has 0 spiro atoms. The van der Waals surface area contributed by atoms with Crippen molar-refractivity contribution in [3.05, 3.63) is 0 Å². The number of rotatable bonds is 1. The van der Waals surface area contributed by atoms with Crippen molar-refractivity contribution in [3.8, 4) is 0 Å². The predicted octanol–water partition coefficient (Wildman–Crippen LogP) is -0.751. The topological polar surface area (TPSA) is 67.8 Å². The van der Waals surface area contributed by atoms with E-state index in [1.54, 1.807) is 0 Å². The lowest BCUT2D eigenvalue weighted by Gasteiger charge is -2.29. The summed E-state index contributed by atoms with van der Waals surface area (Å²) >= 11 is 0. The molecule has 2 rings (SSSR count). The van der Waals surface area contributed by atoms with Crippen LogP contribution in [0.3, 0.4) is 0 Å². The minimum Gasteiger partial charge on any atom is -0.479 e. The zero-order valence-corrected chi connectivity index (χ0v) is 7.75. The van der Waals surface area contributed by atoms with Gasteiger partial charge in [0.15, 0.2) is 6.10 Å². The van der Waals surface area contributed by atoms with E-state index in [1.165, 1.54) is 0 Å². The maximum absolute atomic E-state index is 10.5. The highest BCUT2D eigenvalue weighted by atomic mass is 35.5. The number of carbonyl (C=O) groups is 1. The van der Waals surface area contributed by atoms with Crippen LogP contribution >= 0.6 is 12.4 Å². The quantitative estimate of drug-likeness (QED) is 0.595. The molecule has 0 aliphatic carbocycles. The highest BCUT2D eigenvalue weighted by molar-refractivity contribution is 5.85. The van der Waals surface area contributed by atoms with E-state index in [0.29, 0.717) is 6.54 Å². The highest BCUT2D eigenvalue weighted by Gasteiger charge is 2.38. The first kappa shape index (κ1) is 10.7. The molecule has 0 aromatic heterocycles. The maximum atomic E-state index is 10.5. The van der Waals surface area contributed by atoms with Gasteiger partial charge in [-0.15, -0.1) is 12.4 Å². The summed E-state index contributed by atoms with van der Waals surface area (Å²) in [6, 6.07) is 0. The molecule has 0 bridgehead atoms. The third kappa shape index (κ3) is 2.11. The van der Waals surface area contributed by atoms with Crippen LogP contribution in [-0.4, -0.2) is 49.1 Å². The van der Waals surface area contributed by atoms with Crippen LogP contribution in [0, 0.1) is 0 Å². The van der Waals surface area contributed by atoms with Crippen LogP contribution in [0.5, 0.6) is 0 Å². The Morgan fingerprint density at radius 3 is 2.77 bits per heavy atom. The maximum Gasteiger partial charge on any atom is 0.335 e. The molecular formula is C7H12ClNO4. The number of hydrogen-bond acceptors (Lipinski definition) is 4. The Morgan fingerprint density at radius 1 is 1.38 bits per heavy atom. The number of aliphatic carboxylic acids is 1. The van der Waals surface area contributed by atoms with Gasteiger partial charge in [0.2, 0.25) is 0 Å². The second-order valence-electron chi connectivity index (χ2n) is 3.03. The molecule has 2 N–H and O–H groups in total. The van der Waals surface area contributed by atoms with Gasteiger partial charge in [0, 0.05) is 13.1 Å². The van der Waals surface area contributed by atoms with E-state index in [-0.39, 0.29) is 31.2 Å². The predicted molar refractivity (Wildman–Crippen MR) is 46.2 cm³/mol. The number of nitrogens with one attached hydrogen (secondary N) is 1. The van der Waals surface area contributed by atoms with Gasteiger partial charge in [-0.2, -0.15) is 0 Å². The highest BCUT2D eigenvalue weighted by Crippen LogP contribution is 2.17. The van der Waals surface area contributed by atoms with Crippen LogP contribution in [0.4, 0.5) is 0 Å². The van der Waals surface area contributed by atoms with Crippen LogP contribution in [0.2, 0.25) is 0 Å². The van der Waals surface area contributed by atoms with Gasteiger partial charge in [0.25, 0.3) is 0 Å². The van der Waals surface area contributed by atoms with Crippen molar-refractivity contribution < 1.29 is 19.4 Å². The molecular weight excluding hydrogens is 198 g/mol. The number of fused-ring (bicyclic) bond motifs is 1. The summed E-state index contributed by atoms with van der Waals surface area (Å²) in [7, 11) is 0. The van der Waals surface area contributed by atoms with Crippen molar-refractivity contribution in [1.82, 2.24) is 5.32 Å². The van der Waals surface area contributed by atoms with Gasteiger partial charge in [0.05, 0.1) is 18.8 Å². The van der Waals surface area contributed by atoms with E-state index in [1.807, 2.05) is 0 Å². The Bertz CT molecular complexity index is 201. The smallest absolute Gasteiger partial charge is 0.335 e. The second-order valence-corrected chi connectivity index (χ2v) is 3.03. The van der Waals surface area contributed by atoms with Crippen LogP contribution in [-0.2, 0) is 14.3 Å². The van der Waals surface area contributed by atoms with E-state index in [4.69, 9.17) is 14.6 Å². The van der Waals surface area contributed by atoms with Gasteiger partial charge in [-0.25, -0.2) is 4.79 Å². The number of ether oxygens (including phenoxy) is 2. The molecule has 0 amide bonds. The third-order valence-corrected chi connectivity index (χ3v) is 2.18. The number of halogens is 1. The summed E-state index contributed by atoms with van der Waals surface area (Å²) in [6.07, 6.45) is -0.827. The number of hydrogen-bond donors (Lipinski definition) is 2. The summed E-state index contributed by atoms with van der Waals surface area (Å²) in [6.45, 7) is 1.61. The van der Waals surface area contributed by atoms with E-state index in [9.17, 15) is 4.79 Å². The van der Waals surface area contributed by atoms with Crippen LogP contribution in [0.15, 0.2) is 0 Å². The first-order chi connectivity index (χ1) is 5.77. The van der Waals surface area contributed by atoms with Gasteiger partial charge in [-0.05, 0) is 0 Å². The molecule has 76 valence electrons. The summed E-state index contributed by atoms with van der Waals surface area (Å²) < 4.78 is 10.6. The number of carboxylic acid groups (broad SMARTS) is 1. The average Bonchev–Trinajstić information content (AvgIpc) is 2.49. The molecule has 2 fully saturated rings. The fourth-order valence-electron chi connectivity index (χ4n) is 1.52. The van der Waals surface area contributed by atoms with Crippen molar-refractivity contribution in [2.75, 3.05) is 19.7 Å². The molecule has 2 aliphatic heterocycles. The molecule has 2 aliphatic rings. The Balaban J connectivity index is 0.000000845. The van der Waals surface area contributed by atoms with Crippen LogP contribution < -0.4 is 5.32 Å². The molecule has 3 unspecified atom stereocenters. The molecule has 5 nitrogen and oxygen atoms in total. The van der Waals surface area contributed by atoms with Gasteiger partial charge in [-0.3, -0.25) is 0 Å². The van der Waals surface area contributed by atoms with E-state index in [2.05, 4.69) is 5.32 Å². The second kappa shape index (κ2) is 4.23. The average molecular weight is 210 g/mol. The largest absolute Gasteiger partial charge is 0.479 e. The fraction of sp³-hybridized carbons (Fsp3) is 0.857. The Labute approximate surface area is 81.8 Å². The molecule has 13 heavy (non-hydrogen) atoms. The fourth-order valence-corrected chi connectivity index (χ4v) is 1.52. The third-order valence-electron chi connectivity index (χ3n) is 2.18. The molecule has 6 heteroatoms. The lowest BCUT2D eigenvalue weighted by Crippen LogP contribution is -2.45. The van der Waals surface area contributed by atoms with E-state index >= 15 is 0 Å². The van der Waals surface area contributed by atoms with Crippen molar-refractivity contribution in [3.63, 3.8) is 0 Å². The lowest BCUT2D eigenvalue weighted by molar-refractivity contribution is -0.187. The normalized spacial score (nSPS) is 37.7. The molecule has 3 atom stereocenters. The summed E-state index contributed by atoms with van der Waals surface area (Å²) in [5.74, 6) is -0.944. The minimum absolute atomic E-state index is 0. The zero-order valence-electron chi connectivity index (χ0n) is 6.93. The Kier molecular flexibility index (Phi) is 3.49. The summed E-state index contributed by atoms with van der Waals surface area (Å²) in [5.41, 5.74) is 0. The first-order valence-electron chi connectivity index (χ1n) is 3.98. The monoisotopic (exact) mass is 209 g/mol. The molecule has 2 saturated heterocycles. The number of carboxylic acids is 1. The van der Waals surface area contributed by atoms with Gasteiger partial charge in [-0.1, -0.05) is 0 Å². The van der Waals surface area contributed by atoms with Crippen molar-refractivity contribution in [1.29, 1.82) is 0 Å². The zero-order chi connectivity index (χ0) is 8.55. The van der Waals surface area contributed by atoms with Crippen molar-refractivity contribution in [2.45, 2.75) is 18.3 Å². The van der Waals surface area contributed by atoms with Gasteiger partial charge in [0.1, 0.15) is 0 Å². The molecule has 0 saturated carbocycles. The van der Waals surface area contributed by atoms with E-state index < -0.39 is 12.1 Å². The SMILES string of the molecule is Cl.O=C(O)C1COC2CNCC2O1. The summed E-state index contributed by atoms with van der Waals surface area (Å²) in [5, 5.41) is 11.7.